The van der Waals surface area contributed by atoms with Crippen LogP contribution in [0.25, 0.3) is 0 Å². The molecule has 5 nitrogen and oxygen atoms in total. The van der Waals surface area contributed by atoms with Crippen LogP contribution in [-0.4, -0.2) is 36.0 Å². The van der Waals surface area contributed by atoms with E-state index in [1.54, 1.807) is 0 Å². The number of nitrogens with one attached hydrogen (secondary N) is 1. The molecule has 0 fully saturated rings. The van der Waals surface area contributed by atoms with Crippen LogP contribution in [0.2, 0.25) is 0 Å². The van der Waals surface area contributed by atoms with Gasteiger partial charge in [-0.25, -0.2) is 0 Å². The first kappa shape index (κ1) is 13.1. The number of aliphatic hydroxyl groups excluding tert-OH is 1. The monoisotopic (exact) mass is 202 g/mol. The molecule has 0 aromatic rings. The van der Waals surface area contributed by atoms with Crippen molar-refractivity contribution < 1.29 is 14.7 Å². The molecular weight excluding hydrogens is 184 g/mol. The molecule has 0 spiro atoms. The number of amides is 1. The second-order valence-electron chi connectivity index (χ2n) is 3.35. The predicted octanol–water partition coefficient (Wildman–Crippen LogP) is -0.964. The summed E-state index contributed by atoms with van der Waals surface area (Å²) < 4.78 is 0. The summed E-state index contributed by atoms with van der Waals surface area (Å²) in [5.74, 6) is -0.341. The molecule has 0 heterocycles. The molecule has 82 valence electrons. The minimum Gasteiger partial charge on any atom is -0.394 e. The largest absolute Gasteiger partial charge is 0.394 e. The number of nitrogens with two attached hydrogens (primary N) is 1. The van der Waals surface area contributed by atoms with Crippen molar-refractivity contribution in [1.29, 1.82) is 0 Å². The van der Waals surface area contributed by atoms with Crippen molar-refractivity contribution in [1.82, 2.24) is 5.32 Å². The molecular formula is C9H18N2O3. The Hall–Kier alpha value is -0.940. The van der Waals surface area contributed by atoms with E-state index in [-0.39, 0.29) is 5.92 Å². The molecule has 1 amide bonds. The maximum absolute atomic E-state index is 11.4. The van der Waals surface area contributed by atoms with Crippen molar-refractivity contribution in [3.8, 4) is 0 Å². The Labute approximate surface area is 83.7 Å². The summed E-state index contributed by atoms with van der Waals surface area (Å²) >= 11 is 0. The van der Waals surface area contributed by atoms with Crippen molar-refractivity contribution >= 4 is 12.2 Å². The zero-order valence-corrected chi connectivity index (χ0v) is 8.56. The lowest BCUT2D eigenvalue weighted by Crippen LogP contribution is -2.49. The number of carbonyl (C=O) groups excluding carboxylic acids is 2. The van der Waals surface area contributed by atoms with Gasteiger partial charge in [0.2, 0.25) is 5.91 Å². The van der Waals surface area contributed by atoms with Crippen LogP contribution in [-0.2, 0) is 9.59 Å². The molecule has 0 aliphatic heterocycles. The normalized spacial score (nSPS) is 16.9. The van der Waals surface area contributed by atoms with E-state index in [4.69, 9.17) is 10.8 Å². The first-order chi connectivity index (χ1) is 6.56. The lowest BCUT2D eigenvalue weighted by atomic mass is 9.99. The van der Waals surface area contributed by atoms with Crippen molar-refractivity contribution in [2.75, 3.05) is 6.61 Å². The van der Waals surface area contributed by atoms with Crippen LogP contribution in [0.15, 0.2) is 0 Å². The molecule has 0 aromatic heterocycles. The van der Waals surface area contributed by atoms with Gasteiger partial charge in [-0.3, -0.25) is 4.79 Å². The van der Waals surface area contributed by atoms with Crippen molar-refractivity contribution in [2.45, 2.75) is 32.4 Å². The van der Waals surface area contributed by atoms with Gasteiger partial charge >= 0.3 is 0 Å². The Morgan fingerprint density at radius 3 is 2.57 bits per heavy atom. The fourth-order valence-corrected chi connectivity index (χ4v) is 0.914. The summed E-state index contributed by atoms with van der Waals surface area (Å²) in [5.41, 5.74) is 5.62. The van der Waals surface area contributed by atoms with Gasteiger partial charge in [0.1, 0.15) is 12.3 Å². The number of rotatable bonds is 6. The maximum atomic E-state index is 11.4. The minimum absolute atomic E-state index is 0.0565. The van der Waals surface area contributed by atoms with Gasteiger partial charge in [-0.15, -0.1) is 0 Å². The van der Waals surface area contributed by atoms with Crippen LogP contribution < -0.4 is 11.1 Å². The van der Waals surface area contributed by atoms with E-state index in [2.05, 4.69) is 5.32 Å². The summed E-state index contributed by atoms with van der Waals surface area (Å²) in [6, 6.07) is -1.48. The zero-order valence-electron chi connectivity index (χ0n) is 8.56. The van der Waals surface area contributed by atoms with Crippen molar-refractivity contribution in [3.63, 3.8) is 0 Å². The summed E-state index contributed by atoms with van der Waals surface area (Å²) in [6.07, 6.45) is 1.28. The third-order valence-electron chi connectivity index (χ3n) is 2.25. The van der Waals surface area contributed by atoms with Crippen LogP contribution in [0.3, 0.4) is 0 Å². The van der Waals surface area contributed by atoms with E-state index in [0.717, 1.165) is 6.42 Å². The zero-order chi connectivity index (χ0) is 11.1. The summed E-state index contributed by atoms with van der Waals surface area (Å²) in [5, 5.41) is 11.0. The second-order valence-corrected chi connectivity index (χ2v) is 3.35. The number of hydrogen-bond donors (Lipinski definition) is 3. The molecule has 3 atom stereocenters. The molecule has 5 heteroatoms. The van der Waals surface area contributed by atoms with E-state index in [1.807, 2.05) is 13.8 Å². The van der Waals surface area contributed by atoms with Crippen LogP contribution in [0.5, 0.6) is 0 Å². The second kappa shape index (κ2) is 6.50. The first-order valence-electron chi connectivity index (χ1n) is 4.68. The molecule has 4 N–H and O–H groups in total. The number of aldehydes is 1. The fourth-order valence-electron chi connectivity index (χ4n) is 0.914. The number of carbonyl (C=O) groups is 2. The van der Waals surface area contributed by atoms with Crippen LogP contribution in [0.1, 0.15) is 20.3 Å². The highest BCUT2D eigenvalue weighted by molar-refractivity contribution is 5.84. The van der Waals surface area contributed by atoms with Gasteiger partial charge in [0.15, 0.2) is 0 Å². The molecule has 0 saturated carbocycles. The number of hydrogen-bond acceptors (Lipinski definition) is 4. The summed E-state index contributed by atoms with van der Waals surface area (Å²) in [4.78, 5) is 21.7. The topological polar surface area (TPSA) is 92.4 Å². The lowest BCUT2D eigenvalue weighted by Gasteiger charge is -2.19. The Bertz CT molecular complexity index is 196. The van der Waals surface area contributed by atoms with Crippen LogP contribution >= 0.6 is 0 Å². The minimum atomic E-state index is -0.849. The number of aliphatic hydroxyl groups is 1. The van der Waals surface area contributed by atoms with Gasteiger partial charge in [0.05, 0.1) is 12.6 Å². The van der Waals surface area contributed by atoms with E-state index in [9.17, 15) is 9.59 Å². The lowest BCUT2D eigenvalue weighted by molar-refractivity contribution is -0.126. The molecule has 0 aliphatic carbocycles. The quantitative estimate of drug-likeness (QED) is 0.483. The van der Waals surface area contributed by atoms with Gasteiger partial charge in [0.25, 0.3) is 0 Å². The Morgan fingerprint density at radius 1 is 1.64 bits per heavy atom. The highest BCUT2D eigenvalue weighted by Crippen LogP contribution is 2.04. The first-order valence-corrected chi connectivity index (χ1v) is 4.68. The van der Waals surface area contributed by atoms with Crippen LogP contribution in [0, 0.1) is 5.92 Å². The van der Waals surface area contributed by atoms with Gasteiger partial charge in [-0.2, -0.15) is 0 Å². The fraction of sp³-hybridized carbons (Fsp3) is 0.778. The van der Waals surface area contributed by atoms with E-state index >= 15 is 0 Å². The summed E-state index contributed by atoms with van der Waals surface area (Å²) in [7, 11) is 0. The maximum Gasteiger partial charge on any atom is 0.237 e. The third-order valence-corrected chi connectivity index (χ3v) is 2.25. The Balaban J connectivity index is 4.12. The van der Waals surface area contributed by atoms with Gasteiger partial charge < -0.3 is 21.0 Å². The molecule has 1 unspecified atom stereocenters. The third kappa shape index (κ3) is 3.85. The van der Waals surface area contributed by atoms with E-state index in [1.165, 1.54) is 0 Å². The predicted molar refractivity (Wildman–Crippen MR) is 52.5 cm³/mol. The van der Waals surface area contributed by atoms with Crippen molar-refractivity contribution in [3.05, 3.63) is 0 Å². The highest BCUT2D eigenvalue weighted by atomic mass is 16.3. The molecule has 14 heavy (non-hydrogen) atoms. The molecule has 0 radical (unpaired) electrons. The van der Waals surface area contributed by atoms with Gasteiger partial charge in [0, 0.05) is 0 Å². The average Bonchev–Trinajstić information content (AvgIpc) is 2.23. The van der Waals surface area contributed by atoms with Gasteiger partial charge in [-0.05, 0) is 5.92 Å². The molecule has 0 aliphatic rings. The Kier molecular flexibility index (Phi) is 6.07. The molecule has 0 aromatic carbocycles. The highest BCUT2D eigenvalue weighted by Gasteiger charge is 2.21. The van der Waals surface area contributed by atoms with Gasteiger partial charge in [-0.1, -0.05) is 20.3 Å². The van der Waals surface area contributed by atoms with Crippen LogP contribution in [0.4, 0.5) is 0 Å². The summed E-state index contributed by atoms with van der Waals surface area (Å²) in [6.45, 7) is 3.39. The van der Waals surface area contributed by atoms with E-state index in [0.29, 0.717) is 6.29 Å². The standard InChI is InChI=1S/C9H18N2O3/c1-3-6(2)8(10)9(14)11-7(4-12)5-13/h4,6-8,13H,3,5,10H2,1-2H3,(H,11,14)/t6-,7+,8?/m0/s1. The molecule has 0 bridgehead atoms. The smallest absolute Gasteiger partial charge is 0.237 e. The van der Waals surface area contributed by atoms with Crippen molar-refractivity contribution in [2.24, 2.45) is 11.7 Å². The van der Waals surface area contributed by atoms with E-state index < -0.39 is 24.6 Å². The Morgan fingerprint density at radius 2 is 2.21 bits per heavy atom. The average molecular weight is 202 g/mol. The molecule has 0 rings (SSSR count). The SMILES string of the molecule is CC[C@H](C)C(N)C(=O)N[C@H](C=O)CO. The molecule has 0 saturated heterocycles.